The van der Waals surface area contributed by atoms with Crippen molar-refractivity contribution in [2.75, 3.05) is 12.1 Å². The quantitative estimate of drug-likeness (QED) is 0.741. The number of hydrogen-bond donors (Lipinski definition) is 0. The van der Waals surface area contributed by atoms with E-state index >= 15 is 0 Å². The fraction of sp³-hybridized carbons (Fsp3) is 0.263. The Morgan fingerprint density at radius 1 is 1.16 bits per heavy atom. The fourth-order valence-corrected chi connectivity index (χ4v) is 3.62. The average molecular weight is 377 g/mol. The van der Waals surface area contributed by atoms with Gasteiger partial charge >= 0.3 is 0 Å². The first-order valence-electron chi connectivity index (χ1n) is 7.90. The van der Waals surface area contributed by atoms with Gasteiger partial charge < -0.3 is 4.74 Å². The van der Waals surface area contributed by atoms with Crippen molar-refractivity contribution in [2.24, 2.45) is 11.0 Å². The Morgan fingerprint density at radius 3 is 2.40 bits per heavy atom. The summed E-state index contributed by atoms with van der Waals surface area (Å²) in [5.74, 6) is 0.662. The summed E-state index contributed by atoms with van der Waals surface area (Å²) in [6, 6.07) is 12.9. The van der Waals surface area contributed by atoms with Crippen LogP contribution in [0, 0.1) is 5.92 Å². The Kier molecular flexibility index (Phi) is 5.02. The molecule has 0 spiro atoms. The molecule has 0 bridgehead atoms. The Hall–Kier alpha value is -2.04. The van der Waals surface area contributed by atoms with Gasteiger partial charge in [-0.2, -0.15) is 5.10 Å². The molecule has 3 rings (SSSR count). The summed E-state index contributed by atoms with van der Waals surface area (Å²) in [6.45, 7) is 3.53. The van der Waals surface area contributed by atoms with Gasteiger partial charge in [-0.25, -0.2) is 0 Å². The molecule has 0 aromatic heterocycles. The van der Waals surface area contributed by atoms with Crippen LogP contribution in [0.4, 0.5) is 5.69 Å². The SMILES string of the molecule is COc1ccc([C@H]2[C@@H](C)C(C(C)=O)=NN2c2ccc(Cl)cc2Cl)cc1. The summed E-state index contributed by atoms with van der Waals surface area (Å²) in [6.07, 6.45) is 0. The van der Waals surface area contributed by atoms with E-state index in [0.717, 1.165) is 17.0 Å². The second-order valence-electron chi connectivity index (χ2n) is 5.99. The summed E-state index contributed by atoms with van der Waals surface area (Å²) in [7, 11) is 1.63. The van der Waals surface area contributed by atoms with E-state index in [1.807, 2.05) is 42.3 Å². The van der Waals surface area contributed by atoms with E-state index in [9.17, 15) is 4.79 Å². The maximum atomic E-state index is 12.0. The van der Waals surface area contributed by atoms with E-state index < -0.39 is 0 Å². The molecule has 1 aliphatic rings. The highest BCUT2D eigenvalue weighted by Gasteiger charge is 2.38. The maximum Gasteiger partial charge on any atom is 0.176 e. The van der Waals surface area contributed by atoms with Gasteiger partial charge in [0, 0.05) is 17.9 Å². The largest absolute Gasteiger partial charge is 0.497 e. The second-order valence-corrected chi connectivity index (χ2v) is 6.83. The summed E-state index contributed by atoms with van der Waals surface area (Å²) >= 11 is 12.4. The van der Waals surface area contributed by atoms with E-state index in [4.69, 9.17) is 27.9 Å². The molecule has 0 saturated heterocycles. The summed E-state index contributed by atoms with van der Waals surface area (Å²) in [4.78, 5) is 12.0. The first-order valence-corrected chi connectivity index (χ1v) is 8.65. The highest BCUT2D eigenvalue weighted by atomic mass is 35.5. The molecule has 1 heterocycles. The van der Waals surface area contributed by atoms with E-state index in [-0.39, 0.29) is 17.7 Å². The van der Waals surface area contributed by atoms with Crippen LogP contribution in [-0.4, -0.2) is 18.6 Å². The number of Topliss-reactive ketones (excluding diaryl/α,β-unsaturated/α-hetero) is 1. The molecule has 1 aliphatic heterocycles. The molecule has 0 saturated carbocycles. The minimum absolute atomic E-state index is 0.0430. The van der Waals surface area contributed by atoms with Crippen molar-refractivity contribution in [3.05, 3.63) is 58.1 Å². The number of carbonyl (C=O) groups excluding carboxylic acids is 1. The molecule has 0 radical (unpaired) electrons. The van der Waals surface area contributed by atoms with Crippen molar-refractivity contribution in [2.45, 2.75) is 19.9 Å². The number of nitrogens with zero attached hydrogens (tertiary/aromatic N) is 2. The zero-order valence-electron chi connectivity index (χ0n) is 14.2. The maximum absolute atomic E-state index is 12.0. The lowest BCUT2D eigenvalue weighted by Crippen LogP contribution is -2.25. The van der Waals surface area contributed by atoms with Crippen molar-refractivity contribution in [3.63, 3.8) is 0 Å². The van der Waals surface area contributed by atoms with Crippen LogP contribution >= 0.6 is 23.2 Å². The number of hydrogen-bond acceptors (Lipinski definition) is 4. The number of ether oxygens (including phenoxy) is 1. The van der Waals surface area contributed by atoms with Crippen molar-refractivity contribution >= 4 is 40.4 Å². The summed E-state index contributed by atoms with van der Waals surface area (Å²) < 4.78 is 5.23. The normalized spacial score (nSPS) is 19.7. The van der Waals surface area contributed by atoms with Crippen LogP contribution in [0.1, 0.15) is 25.5 Å². The van der Waals surface area contributed by atoms with E-state index in [1.165, 1.54) is 6.92 Å². The molecule has 2 aromatic carbocycles. The Morgan fingerprint density at radius 2 is 1.84 bits per heavy atom. The number of rotatable bonds is 4. The molecule has 0 unspecified atom stereocenters. The molecule has 130 valence electrons. The van der Waals surface area contributed by atoms with Crippen LogP contribution in [-0.2, 0) is 4.79 Å². The molecule has 2 atom stereocenters. The summed E-state index contributed by atoms with van der Waals surface area (Å²) in [5.41, 5.74) is 2.28. The van der Waals surface area contributed by atoms with E-state index in [0.29, 0.717) is 15.8 Å². The molecular formula is C19H18Cl2N2O2. The lowest BCUT2D eigenvalue weighted by molar-refractivity contribution is -0.111. The van der Waals surface area contributed by atoms with Crippen LogP contribution in [0.15, 0.2) is 47.6 Å². The number of benzene rings is 2. The molecular weight excluding hydrogens is 359 g/mol. The van der Waals surface area contributed by atoms with Gasteiger partial charge in [0.05, 0.1) is 23.9 Å². The minimum atomic E-state index is -0.136. The van der Waals surface area contributed by atoms with Gasteiger partial charge in [0.2, 0.25) is 0 Å². The minimum Gasteiger partial charge on any atom is -0.497 e. The van der Waals surface area contributed by atoms with Gasteiger partial charge in [0.15, 0.2) is 5.78 Å². The number of anilines is 1. The topological polar surface area (TPSA) is 41.9 Å². The lowest BCUT2D eigenvalue weighted by Gasteiger charge is -2.27. The number of halogens is 2. The molecule has 0 amide bonds. The highest BCUT2D eigenvalue weighted by Crippen LogP contribution is 2.42. The second kappa shape index (κ2) is 7.06. The van der Waals surface area contributed by atoms with Gasteiger partial charge in [0.1, 0.15) is 11.5 Å². The molecule has 0 aliphatic carbocycles. The van der Waals surface area contributed by atoms with Gasteiger partial charge in [-0.15, -0.1) is 0 Å². The number of hydrazone groups is 1. The molecule has 25 heavy (non-hydrogen) atoms. The van der Waals surface area contributed by atoms with Crippen LogP contribution in [0.25, 0.3) is 0 Å². The number of carbonyl (C=O) groups is 1. The van der Waals surface area contributed by atoms with Gasteiger partial charge in [-0.1, -0.05) is 42.3 Å². The number of ketones is 1. The fourth-order valence-electron chi connectivity index (χ4n) is 3.12. The van der Waals surface area contributed by atoms with E-state index in [2.05, 4.69) is 5.10 Å². The zero-order chi connectivity index (χ0) is 18.1. The third kappa shape index (κ3) is 3.37. The smallest absolute Gasteiger partial charge is 0.176 e. The van der Waals surface area contributed by atoms with Gasteiger partial charge in [0.25, 0.3) is 0 Å². The highest BCUT2D eigenvalue weighted by molar-refractivity contribution is 6.41. The third-order valence-corrected chi connectivity index (χ3v) is 4.90. The van der Waals surface area contributed by atoms with Crippen molar-refractivity contribution < 1.29 is 9.53 Å². The van der Waals surface area contributed by atoms with Crippen molar-refractivity contribution in [1.29, 1.82) is 0 Å². The van der Waals surface area contributed by atoms with Crippen molar-refractivity contribution in [1.82, 2.24) is 0 Å². The first-order chi connectivity index (χ1) is 11.9. The monoisotopic (exact) mass is 376 g/mol. The van der Waals surface area contributed by atoms with Crippen LogP contribution in [0.2, 0.25) is 10.0 Å². The first kappa shape index (κ1) is 17.8. The molecule has 6 heteroatoms. The standard InChI is InChI=1S/C19H18Cl2N2O2/c1-11-18(12(2)24)22-23(17-9-6-14(20)10-16(17)21)19(11)13-4-7-15(25-3)8-5-13/h4-11,19H,1-3H3/t11-,19+/m0/s1. The Bertz CT molecular complexity index is 834. The number of methoxy groups -OCH3 is 1. The third-order valence-electron chi connectivity index (χ3n) is 4.36. The Labute approximate surface area is 157 Å². The van der Waals surface area contributed by atoms with Crippen LogP contribution in [0.3, 0.4) is 0 Å². The molecule has 4 nitrogen and oxygen atoms in total. The van der Waals surface area contributed by atoms with Gasteiger partial charge in [-0.05, 0) is 35.9 Å². The van der Waals surface area contributed by atoms with Crippen LogP contribution in [0.5, 0.6) is 5.75 Å². The van der Waals surface area contributed by atoms with Crippen LogP contribution < -0.4 is 9.75 Å². The summed E-state index contributed by atoms with van der Waals surface area (Å²) in [5, 5.41) is 7.42. The van der Waals surface area contributed by atoms with E-state index in [1.54, 1.807) is 19.2 Å². The van der Waals surface area contributed by atoms with Crippen molar-refractivity contribution in [3.8, 4) is 5.75 Å². The Balaban J connectivity index is 2.08. The molecule has 0 N–H and O–H groups in total. The predicted octanol–water partition coefficient (Wildman–Crippen LogP) is 5.14. The molecule has 0 fully saturated rings. The van der Waals surface area contributed by atoms with Gasteiger partial charge in [-0.3, -0.25) is 9.80 Å². The lowest BCUT2D eigenvalue weighted by atomic mass is 9.90. The predicted molar refractivity (Wildman–Crippen MR) is 102 cm³/mol. The molecule has 2 aromatic rings. The zero-order valence-corrected chi connectivity index (χ0v) is 15.7. The average Bonchev–Trinajstić information content (AvgIpc) is 2.92.